The van der Waals surface area contributed by atoms with Crippen molar-refractivity contribution in [3.05, 3.63) is 34.3 Å². The summed E-state index contributed by atoms with van der Waals surface area (Å²) in [6.45, 7) is 3.03. The van der Waals surface area contributed by atoms with Gasteiger partial charge in [-0.1, -0.05) is 28.1 Å². The Morgan fingerprint density at radius 1 is 1.35 bits per heavy atom. The van der Waals surface area contributed by atoms with Gasteiger partial charge in [-0.3, -0.25) is 4.79 Å². The van der Waals surface area contributed by atoms with Gasteiger partial charge in [0.1, 0.15) is 0 Å². The number of nitrogens with zero attached hydrogens (tertiary/aromatic N) is 1. The Hall–Kier alpha value is -0.870. The van der Waals surface area contributed by atoms with Crippen molar-refractivity contribution in [2.75, 3.05) is 19.7 Å². The summed E-state index contributed by atoms with van der Waals surface area (Å²) in [4.78, 5) is 13.5. The van der Waals surface area contributed by atoms with Crippen molar-refractivity contribution in [2.24, 2.45) is 0 Å². The summed E-state index contributed by atoms with van der Waals surface area (Å²) in [6.07, 6.45) is 1.24. The second kappa shape index (κ2) is 7.45. The maximum Gasteiger partial charge on any atom is 0.222 e. The summed E-state index contributed by atoms with van der Waals surface area (Å²) < 4.78 is 1.04. The van der Waals surface area contributed by atoms with E-state index in [0.29, 0.717) is 19.5 Å². The highest BCUT2D eigenvalue weighted by Gasteiger charge is 2.10. The first kappa shape index (κ1) is 14.2. The van der Waals surface area contributed by atoms with Crippen LogP contribution in [0.25, 0.3) is 0 Å². The zero-order valence-corrected chi connectivity index (χ0v) is 11.6. The zero-order chi connectivity index (χ0) is 12.7. The quantitative estimate of drug-likeness (QED) is 0.875. The van der Waals surface area contributed by atoms with Gasteiger partial charge in [0.25, 0.3) is 0 Å². The summed E-state index contributed by atoms with van der Waals surface area (Å²) in [6, 6.07) is 7.98. The maximum atomic E-state index is 11.8. The summed E-state index contributed by atoms with van der Waals surface area (Å²) in [5.41, 5.74) is 1.15. The molecule has 0 aliphatic heterocycles. The van der Waals surface area contributed by atoms with Gasteiger partial charge in [-0.15, -0.1) is 0 Å². The van der Waals surface area contributed by atoms with Crippen molar-refractivity contribution in [1.29, 1.82) is 0 Å². The van der Waals surface area contributed by atoms with Crippen molar-refractivity contribution in [1.82, 2.24) is 4.90 Å². The van der Waals surface area contributed by atoms with Crippen LogP contribution < -0.4 is 0 Å². The van der Waals surface area contributed by atoms with Crippen LogP contribution in [0.3, 0.4) is 0 Å². The molecule has 1 aromatic carbocycles. The van der Waals surface area contributed by atoms with Crippen LogP contribution in [0.4, 0.5) is 0 Å². The minimum Gasteiger partial charge on any atom is -0.395 e. The Morgan fingerprint density at radius 3 is 2.53 bits per heavy atom. The van der Waals surface area contributed by atoms with Crippen molar-refractivity contribution in [3.8, 4) is 0 Å². The molecule has 4 heteroatoms. The number of halogens is 1. The molecule has 1 aromatic rings. The van der Waals surface area contributed by atoms with E-state index >= 15 is 0 Å². The average molecular weight is 300 g/mol. The van der Waals surface area contributed by atoms with Gasteiger partial charge in [-0.25, -0.2) is 0 Å². The van der Waals surface area contributed by atoms with Gasteiger partial charge in [0.05, 0.1) is 6.61 Å². The van der Waals surface area contributed by atoms with Crippen LogP contribution in [0.1, 0.15) is 18.9 Å². The van der Waals surface area contributed by atoms with E-state index in [0.717, 1.165) is 16.5 Å². The molecule has 0 bridgehead atoms. The van der Waals surface area contributed by atoms with Crippen LogP contribution in [0.5, 0.6) is 0 Å². The van der Waals surface area contributed by atoms with Crippen LogP contribution in [-0.2, 0) is 11.2 Å². The number of amides is 1. The van der Waals surface area contributed by atoms with Crippen LogP contribution in [0, 0.1) is 0 Å². The Bertz CT molecular complexity index is 351. The van der Waals surface area contributed by atoms with Gasteiger partial charge >= 0.3 is 0 Å². The van der Waals surface area contributed by atoms with Crippen LogP contribution in [0.2, 0.25) is 0 Å². The van der Waals surface area contributed by atoms with Crippen LogP contribution >= 0.6 is 15.9 Å². The Kier molecular flexibility index (Phi) is 6.22. The number of aryl methyl sites for hydroxylation is 1. The van der Waals surface area contributed by atoms with Crippen LogP contribution in [-0.4, -0.2) is 35.6 Å². The highest BCUT2D eigenvalue weighted by molar-refractivity contribution is 9.10. The number of hydrogen-bond acceptors (Lipinski definition) is 2. The molecule has 0 aromatic heterocycles. The lowest BCUT2D eigenvalue weighted by Crippen LogP contribution is -2.33. The molecule has 0 radical (unpaired) electrons. The number of benzene rings is 1. The van der Waals surface area contributed by atoms with Crippen molar-refractivity contribution in [3.63, 3.8) is 0 Å². The maximum absolute atomic E-state index is 11.8. The number of rotatable bonds is 6. The fraction of sp³-hybridized carbons (Fsp3) is 0.462. The normalized spacial score (nSPS) is 10.3. The molecular formula is C13H18BrNO2. The predicted molar refractivity (Wildman–Crippen MR) is 71.8 cm³/mol. The summed E-state index contributed by atoms with van der Waals surface area (Å²) in [7, 11) is 0. The number of aliphatic hydroxyl groups is 1. The fourth-order valence-electron chi connectivity index (χ4n) is 1.64. The Labute approximate surface area is 111 Å². The van der Waals surface area contributed by atoms with Gasteiger partial charge in [0.2, 0.25) is 5.91 Å². The molecule has 0 atom stereocenters. The van der Waals surface area contributed by atoms with E-state index < -0.39 is 0 Å². The molecule has 0 fully saturated rings. The van der Waals surface area contributed by atoms with Gasteiger partial charge in [-0.05, 0) is 31.0 Å². The molecule has 0 aliphatic carbocycles. The minimum atomic E-state index is 0.0257. The minimum absolute atomic E-state index is 0.0257. The average Bonchev–Trinajstić information content (AvgIpc) is 2.35. The second-order valence-electron chi connectivity index (χ2n) is 3.82. The molecule has 0 spiro atoms. The van der Waals surface area contributed by atoms with E-state index in [-0.39, 0.29) is 12.5 Å². The molecular weight excluding hydrogens is 282 g/mol. The molecule has 17 heavy (non-hydrogen) atoms. The smallest absolute Gasteiger partial charge is 0.222 e. The summed E-state index contributed by atoms with van der Waals surface area (Å²) >= 11 is 3.38. The molecule has 1 N–H and O–H groups in total. The molecule has 0 unspecified atom stereocenters. The molecule has 1 amide bonds. The lowest BCUT2D eigenvalue weighted by atomic mass is 10.1. The monoisotopic (exact) mass is 299 g/mol. The van der Waals surface area contributed by atoms with Gasteiger partial charge in [-0.2, -0.15) is 0 Å². The van der Waals surface area contributed by atoms with Crippen molar-refractivity contribution >= 4 is 21.8 Å². The van der Waals surface area contributed by atoms with Crippen molar-refractivity contribution < 1.29 is 9.90 Å². The lowest BCUT2D eigenvalue weighted by molar-refractivity contribution is -0.131. The first-order valence-electron chi connectivity index (χ1n) is 5.80. The number of carbonyl (C=O) groups is 1. The number of hydrogen-bond donors (Lipinski definition) is 1. The highest BCUT2D eigenvalue weighted by Crippen LogP contribution is 2.12. The van der Waals surface area contributed by atoms with E-state index in [4.69, 9.17) is 5.11 Å². The van der Waals surface area contributed by atoms with Crippen molar-refractivity contribution in [2.45, 2.75) is 19.8 Å². The third-order valence-corrected chi connectivity index (χ3v) is 3.17. The van der Waals surface area contributed by atoms with E-state index in [1.807, 2.05) is 31.2 Å². The largest absolute Gasteiger partial charge is 0.395 e. The topological polar surface area (TPSA) is 40.5 Å². The third-order valence-electron chi connectivity index (χ3n) is 2.65. The van der Waals surface area contributed by atoms with E-state index in [1.165, 1.54) is 0 Å². The predicted octanol–water partition coefficient (Wildman–Crippen LogP) is 2.22. The number of carbonyl (C=O) groups excluding carboxylic acids is 1. The molecule has 0 heterocycles. The first-order valence-corrected chi connectivity index (χ1v) is 6.59. The van der Waals surface area contributed by atoms with Gasteiger partial charge in [0.15, 0.2) is 0 Å². The Balaban J connectivity index is 2.44. The number of aliphatic hydroxyl groups excluding tert-OH is 1. The molecule has 1 rings (SSSR count). The lowest BCUT2D eigenvalue weighted by Gasteiger charge is -2.19. The van der Waals surface area contributed by atoms with Crippen LogP contribution in [0.15, 0.2) is 28.7 Å². The standard InChI is InChI=1S/C13H18BrNO2/c1-2-15(9-10-16)13(17)8-5-11-3-6-12(14)7-4-11/h3-4,6-7,16H,2,5,8-10H2,1H3. The van der Waals surface area contributed by atoms with E-state index in [9.17, 15) is 4.79 Å². The first-order chi connectivity index (χ1) is 8.17. The van der Waals surface area contributed by atoms with E-state index in [1.54, 1.807) is 4.90 Å². The zero-order valence-electron chi connectivity index (χ0n) is 10.0. The second-order valence-corrected chi connectivity index (χ2v) is 4.74. The Morgan fingerprint density at radius 2 is 2.00 bits per heavy atom. The summed E-state index contributed by atoms with van der Waals surface area (Å²) in [5, 5.41) is 8.83. The molecule has 3 nitrogen and oxygen atoms in total. The third kappa shape index (κ3) is 4.88. The molecule has 94 valence electrons. The fourth-order valence-corrected chi connectivity index (χ4v) is 1.90. The number of likely N-dealkylation sites (N-methyl/N-ethyl adjacent to an activating group) is 1. The van der Waals surface area contributed by atoms with E-state index in [2.05, 4.69) is 15.9 Å². The SMILES string of the molecule is CCN(CCO)C(=O)CCc1ccc(Br)cc1. The summed E-state index contributed by atoms with van der Waals surface area (Å²) in [5.74, 6) is 0.101. The van der Waals surface area contributed by atoms with Gasteiger partial charge in [0, 0.05) is 24.0 Å². The molecule has 0 saturated carbocycles. The molecule has 0 saturated heterocycles. The van der Waals surface area contributed by atoms with Gasteiger partial charge < -0.3 is 10.0 Å². The highest BCUT2D eigenvalue weighted by atomic mass is 79.9. The molecule has 0 aliphatic rings.